The normalized spacial score (nSPS) is 12.2. The summed E-state index contributed by atoms with van der Waals surface area (Å²) in [7, 11) is 1.95. The first-order valence-electron chi connectivity index (χ1n) is 5.43. The molecule has 0 spiro atoms. The molecule has 0 bridgehead atoms. The van der Waals surface area contributed by atoms with Crippen LogP contribution in [0.5, 0.6) is 5.88 Å². The van der Waals surface area contributed by atoms with E-state index in [0.717, 1.165) is 18.8 Å². The van der Waals surface area contributed by atoms with E-state index in [1.54, 1.807) is 0 Å². The molecule has 1 aromatic rings. The topological polar surface area (TPSA) is 38.2 Å². The van der Waals surface area contributed by atoms with Gasteiger partial charge in [0, 0.05) is 25.0 Å². The second-order valence-electron chi connectivity index (χ2n) is 3.72. The van der Waals surface area contributed by atoms with E-state index >= 15 is 0 Å². The quantitative estimate of drug-likeness (QED) is 0.719. The second kappa shape index (κ2) is 6.53. The summed E-state index contributed by atoms with van der Waals surface area (Å²) in [6.07, 6.45) is 2.48. The molecule has 1 aromatic heterocycles. The van der Waals surface area contributed by atoms with Crippen molar-refractivity contribution >= 4 is 17.4 Å². The smallest absolute Gasteiger partial charge is 0.218 e. The molecule has 0 aliphatic heterocycles. The van der Waals surface area contributed by atoms with Gasteiger partial charge in [0.1, 0.15) is 12.1 Å². The minimum atomic E-state index is 0.0833. The van der Waals surface area contributed by atoms with Crippen molar-refractivity contribution in [3.63, 3.8) is 0 Å². The molecule has 1 atom stereocenters. The van der Waals surface area contributed by atoms with Crippen molar-refractivity contribution in [3.8, 4) is 5.88 Å². The number of aromatic nitrogens is 2. The molecule has 0 aliphatic rings. The van der Waals surface area contributed by atoms with Crippen LogP contribution in [-0.2, 0) is 0 Å². The molecule has 1 heterocycles. The Kier molecular flexibility index (Phi) is 5.32. The van der Waals surface area contributed by atoms with Crippen molar-refractivity contribution < 1.29 is 4.74 Å². The summed E-state index contributed by atoms with van der Waals surface area (Å²) in [6, 6.07) is 1.83. The van der Waals surface area contributed by atoms with Crippen LogP contribution in [0.25, 0.3) is 0 Å². The Morgan fingerprint density at radius 1 is 1.50 bits per heavy atom. The second-order valence-corrected chi connectivity index (χ2v) is 4.47. The van der Waals surface area contributed by atoms with Gasteiger partial charge >= 0.3 is 0 Å². The number of rotatable bonds is 6. The van der Waals surface area contributed by atoms with E-state index < -0.39 is 0 Å². The van der Waals surface area contributed by atoms with Gasteiger partial charge in [0.15, 0.2) is 0 Å². The van der Waals surface area contributed by atoms with Crippen molar-refractivity contribution in [1.82, 2.24) is 9.97 Å². The van der Waals surface area contributed by atoms with Gasteiger partial charge in [-0.3, -0.25) is 0 Å². The molecule has 0 fully saturated rings. The van der Waals surface area contributed by atoms with E-state index in [1.165, 1.54) is 6.33 Å². The summed E-state index contributed by atoms with van der Waals surface area (Å²) in [5.41, 5.74) is 0. The maximum absolute atomic E-state index is 5.93. The average Bonchev–Trinajstić information content (AvgIpc) is 2.26. The predicted molar refractivity (Wildman–Crippen MR) is 66.4 cm³/mol. The predicted octanol–water partition coefficient (Wildman–Crippen LogP) is 2.33. The Bertz CT molecular complexity index is 320. The van der Waals surface area contributed by atoms with E-state index in [1.807, 2.05) is 24.9 Å². The van der Waals surface area contributed by atoms with Crippen molar-refractivity contribution in [3.05, 3.63) is 12.4 Å². The number of halogens is 1. The molecule has 0 N–H and O–H groups in total. The van der Waals surface area contributed by atoms with Crippen LogP contribution in [0, 0.1) is 0 Å². The summed E-state index contributed by atoms with van der Waals surface area (Å²) in [4.78, 5) is 10.2. The molecular weight excluding hydrogens is 226 g/mol. The first kappa shape index (κ1) is 13.0. The SMILES string of the molecule is CCCOc1cc(N(C)CC(C)Cl)ncn1. The maximum atomic E-state index is 5.93. The van der Waals surface area contributed by atoms with Crippen LogP contribution < -0.4 is 9.64 Å². The zero-order valence-corrected chi connectivity index (χ0v) is 10.7. The molecule has 1 unspecified atom stereocenters. The molecule has 0 saturated heterocycles. The minimum absolute atomic E-state index is 0.0833. The van der Waals surface area contributed by atoms with Crippen molar-refractivity contribution in [2.24, 2.45) is 0 Å². The molecular formula is C11H18ClN3O. The third kappa shape index (κ3) is 4.23. The minimum Gasteiger partial charge on any atom is -0.478 e. The zero-order valence-electron chi connectivity index (χ0n) is 9.98. The van der Waals surface area contributed by atoms with E-state index in [-0.39, 0.29) is 5.38 Å². The largest absolute Gasteiger partial charge is 0.478 e. The van der Waals surface area contributed by atoms with E-state index in [0.29, 0.717) is 12.5 Å². The Labute approximate surface area is 102 Å². The zero-order chi connectivity index (χ0) is 12.0. The molecule has 1 rings (SSSR count). The highest BCUT2D eigenvalue weighted by Crippen LogP contribution is 2.15. The summed E-state index contributed by atoms with van der Waals surface area (Å²) in [6.45, 7) is 5.43. The fourth-order valence-corrected chi connectivity index (χ4v) is 1.50. The molecule has 4 nitrogen and oxygen atoms in total. The summed E-state index contributed by atoms with van der Waals surface area (Å²) >= 11 is 5.93. The van der Waals surface area contributed by atoms with Gasteiger partial charge < -0.3 is 9.64 Å². The summed E-state index contributed by atoms with van der Waals surface area (Å²) in [5, 5.41) is 0.0833. The molecule has 0 radical (unpaired) electrons. The fraction of sp³-hybridized carbons (Fsp3) is 0.636. The molecule has 0 aliphatic carbocycles. The summed E-state index contributed by atoms with van der Waals surface area (Å²) < 4.78 is 5.44. The van der Waals surface area contributed by atoms with Gasteiger partial charge in [-0.15, -0.1) is 11.6 Å². The Morgan fingerprint density at radius 2 is 2.25 bits per heavy atom. The molecule has 16 heavy (non-hydrogen) atoms. The lowest BCUT2D eigenvalue weighted by Crippen LogP contribution is -2.25. The summed E-state index contributed by atoms with van der Waals surface area (Å²) in [5.74, 6) is 1.44. The first-order chi connectivity index (χ1) is 7.63. The third-order valence-electron chi connectivity index (χ3n) is 2.00. The van der Waals surface area contributed by atoms with Crippen molar-refractivity contribution in [1.29, 1.82) is 0 Å². The Hall–Kier alpha value is -1.03. The third-order valence-corrected chi connectivity index (χ3v) is 2.14. The lowest BCUT2D eigenvalue weighted by molar-refractivity contribution is 0.304. The van der Waals surface area contributed by atoms with E-state index in [9.17, 15) is 0 Å². The standard InChI is InChI=1S/C11H18ClN3O/c1-4-5-16-11-6-10(13-8-14-11)15(3)7-9(2)12/h6,8-9H,4-5,7H2,1-3H3. The average molecular weight is 244 g/mol. The van der Waals surface area contributed by atoms with Gasteiger partial charge in [0.25, 0.3) is 0 Å². The monoisotopic (exact) mass is 243 g/mol. The van der Waals surface area contributed by atoms with Crippen molar-refractivity contribution in [2.45, 2.75) is 25.6 Å². The van der Waals surface area contributed by atoms with Crippen LogP contribution in [0.1, 0.15) is 20.3 Å². The van der Waals surface area contributed by atoms with Crippen LogP contribution in [0.15, 0.2) is 12.4 Å². The van der Waals surface area contributed by atoms with Gasteiger partial charge in [-0.05, 0) is 13.3 Å². The van der Waals surface area contributed by atoms with Crippen LogP contribution in [0.3, 0.4) is 0 Å². The molecule has 0 saturated carbocycles. The highest BCUT2D eigenvalue weighted by atomic mass is 35.5. The van der Waals surface area contributed by atoms with Gasteiger partial charge in [-0.2, -0.15) is 0 Å². The van der Waals surface area contributed by atoms with Gasteiger partial charge in [0.2, 0.25) is 5.88 Å². The van der Waals surface area contributed by atoms with Gasteiger partial charge in [-0.1, -0.05) is 6.92 Å². The van der Waals surface area contributed by atoms with Crippen molar-refractivity contribution in [2.75, 3.05) is 25.1 Å². The molecule has 90 valence electrons. The van der Waals surface area contributed by atoms with Gasteiger partial charge in [0.05, 0.1) is 6.61 Å². The molecule has 0 amide bonds. The lowest BCUT2D eigenvalue weighted by atomic mass is 10.4. The lowest BCUT2D eigenvalue weighted by Gasteiger charge is -2.19. The number of anilines is 1. The Balaban J connectivity index is 2.65. The van der Waals surface area contributed by atoms with Crippen LogP contribution in [-0.4, -0.2) is 35.5 Å². The number of alkyl halides is 1. The Morgan fingerprint density at radius 3 is 2.88 bits per heavy atom. The van der Waals surface area contributed by atoms with E-state index in [2.05, 4.69) is 16.9 Å². The van der Waals surface area contributed by atoms with Crippen LogP contribution in [0.4, 0.5) is 5.82 Å². The molecule has 0 aromatic carbocycles. The molecule has 5 heteroatoms. The van der Waals surface area contributed by atoms with E-state index in [4.69, 9.17) is 16.3 Å². The maximum Gasteiger partial charge on any atom is 0.218 e. The number of ether oxygens (including phenoxy) is 1. The number of hydrogen-bond acceptors (Lipinski definition) is 4. The van der Waals surface area contributed by atoms with Crippen LogP contribution >= 0.6 is 11.6 Å². The van der Waals surface area contributed by atoms with Crippen LogP contribution in [0.2, 0.25) is 0 Å². The fourth-order valence-electron chi connectivity index (χ4n) is 1.30. The highest BCUT2D eigenvalue weighted by Gasteiger charge is 2.07. The number of hydrogen-bond donors (Lipinski definition) is 0. The number of nitrogens with zero attached hydrogens (tertiary/aromatic N) is 3. The highest BCUT2D eigenvalue weighted by molar-refractivity contribution is 6.20. The van der Waals surface area contributed by atoms with Gasteiger partial charge in [-0.25, -0.2) is 9.97 Å². The first-order valence-corrected chi connectivity index (χ1v) is 5.87.